The number of hydrogen-bond acceptors (Lipinski definition) is 5. The van der Waals surface area contributed by atoms with E-state index < -0.39 is 10.0 Å². The molecule has 3 aromatic rings. The van der Waals surface area contributed by atoms with Crippen LogP contribution in [0.2, 0.25) is 0 Å². The fourth-order valence-corrected chi connectivity index (χ4v) is 4.21. The van der Waals surface area contributed by atoms with Crippen LogP contribution in [0.25, 0.3) is 4.96 Å². The number of thiazole rings is 1. The van der Waals surface area contributed by atoms with Crippen LogP contribution in [0.3, 0.4) is 0 Å². The van der Waals surface area contributed by atoms with Crippen molar-refractivity contribution in [2.75, 3.05) is 14.1 Å². The number of benzene rings is 1. The molecular weight excluding hydrogens is 360 g/mol. The van der Waals surface area contributed by atoms with Crippen LogP contribution in [0.4, 0.5) is 0 Å². The van der Waals surface area contributed by atoms with Crippen LogP contribution in [-0.4, -0.2) is 42.1 Å². The van der Waals surface area contributed by atoms with E-state index in [1.165, 1.54) is 25.4 Å². The molecule has 0 saturated heterocycles. The number of fused-ring (bicyclic) bond motifs is 1. The summed E-state index contributed by atoms with van der Waals surface area (Å²) < 4.78 is 27.7. The van der Waals surface area contributed by atoms with Crippen molar-refractivity contribution in [3.63, 3.8) is 0 Å². The van der Waals surface area contributed by atoms with Crippen molar-refractivity contribution in [3.8, 4) is 0 Å². The molecule has 25 heavy (non-hydrogen) atoms. The number of imidazole rings is 1. The highest BCUT2D eigenvalue weighted by Gasteiger charge is 2.20. The number of carbonyl (C=O) groups excluding carboxylic acids is 1. The molecule has 7 nitrogen and oxygen atoms in total. The van der Waals surface area contributed by atoms with Gasteiger partial charge in [0, 0.05) is 38.4 Å². The van der Waals surface area contributed by atoms with Crippen LogP contribution < -0.4 is 5.32 Å². The zero-order chi connectivity index (χ0) is 18.0. The molecule has 1 aromatic carbocycles. The summed E-state index contributed by atoms with van der Waals surface area (Å²) in [6.07, 6.45) is 3.85. The first-order valence-electron chi connectivity index (χ1n) is 7.56. The zero-order valence-corrected chi connectivity index (χ0v) is 15.5. The van der Waals surface area contributed by atoms with E-state index in [4.69, 9.17) is 0 Å². The van der Waals surface area contributed by atoms with Crippen molar-refractivity contribution < 1.29 is 13.2 Å². The summed E-state index contributed by atoms with van der Waals surface area (Å²) in [7, 11) is -0.594. The number of amides is 1. The van der Waals surface area contributed by atoms with Crippen molar-refractivity contribution >= 4 is 32.2 Å². The van der Waals surface area contributed by atoms with E-state index in [1.807, 2.05) is 22.2 Å². The number of nitrogens with zero attached hydrogens (tertiary/aromatic N) is 3. The molecule has 1 amide bonds. The van der Waals surface area contributed by atoms with Gasteiger partial charge in [-0.05, 0) is 11.6 Å². The van der Waals surface area contributed by atoms with E-state index in [0.717, 1.165) is 9.27 Å². The first-order valence-corrected chi connectivity index (χ1v) is 9.88. The number of sulfonamides is 1. The smallest absolute Gasteiger partial charge is 0.242 e. The van der Waals surface area contributed by atoms with Crippen LogP contribution in [0.5, 0.6) is 0 Å². The molecule has 0 saturated carbocycles. The second-order valence-corrected chi connectivity index (χ2v) is 8.67. The minimum Gasteiger partial charge on any atom is -0.352 e. The summed E-state index contributed by atoms with van der Waals surface area (Å²) >= 11 is 1.50. The third kappa shape index (κ3) is 3.73. The van der Waals surface area contributed by atoms with Gasteiger partial charge in [0.25, 0.3) is 0 Å². The molecule has 9 heteroatoms. The first-order chi connectivity index (χ1) is 11.9. The third-order valence-corrected chi connectivity index (χ3v) is 6.38. The standard InChI is InChI=1S/C16H18N4O3S2/c1-19(2)25(22,23)14-6-4-3-5-12(14)10-17-15(21)9-13-11-20-7-8-24-16(20)18-13/h3-8,11H,9-10H2,1-2H3,(H,17,21). The maximum absolute atomic E-state index is 12.4. The van der Waals surface area contributed by atoms with E-state index >= 15 is 0 Å². The normalized spacial score (nSPS) is 12.0. The van der Waals surface area contributed by atoms with Gasteiger partial charge < -0.3 is 5.32 Å². The Balaban J connectivity index is 1.69. The second-order valence-electron chi connectivity index (χ2n) is 5.67. The van der Waals surface area contributed by atoms with Crippen LogP contribution in [0, 0.1) is 0 Å². The van der Waals surface area contributed by atoms with Crippen molar-refractivity contribution in [1.82, 2.24) is 19.0 Å². The fraction of sp³-hybridized carbons (Fsp3) is 0.250. The lowest BCUT2D eigenvalue weighted by atomic mass is 10.2. The average molecular weight is 378 g/mol. The summed E-state index contributed by atoms with van der Waals surface area (Å²) in [5.41, 5.74) is 1.23. The molecule has 2 heterocycles. The van der Waals surface area contributed by atoms with Gasteiger partial charge in [-0.15, -0.1) is 11.3 Å². The molecule has 2 aromatic heterocycles. The van der Waals surface area contributed by atoms with Gasteiger partial charge in [-0.2, -0.15) is 0 Å². The molecule has 1 N–H and O–H groups in total. The molecule has 0 aliphatic heterocycles. The van der Waals surface area contributed by atoms with Crippen LogP contribution in [-0.2, 0) is 27.8 Å². The van der Waals surface area contributed by atoms with Gasteiger partial charge in [0.1, 0.15) is 0 Å². The SMILES string of the molecule is CN(C)S(=O)(=O)c1ccccc1CNC(=O)Cc1cn2ccsc2n1. The summed E-state index contributed by atoms with van der Waals surface area (Å²) in [5, 5.41) is 4.69. The lowest BCUT2D eigenvalue weighted by Crippen LogP contribution is -2.28. The summed E-state index contributed by atoms with van der Waals surface area (Å²) in [5.74, 6) is -0.206. The van der Waals surface area contributed by atoms with Crippen LogP contribution >= 0.6 is 11.3 Å². The van der Waals surface area contributed by atoms with E-state index in [-0.39, 0.29) is 23.8 Å². The molecule has 0 atom stereocenters. The third-order valence-electron chi connectivity index (χ3n) is 3.69. The second kappa shape index (κ2) is 6.95. The Kier molecular flexibility index (Phi) is 4.89. The van der Waals surface area contributed by atoms with Crippen LogP contribution in [0.15, 0.2) is 46.9 Å². The molecule has 0 bridgehead atoms. The van der Waals surface area contributed by atoms with E-state index in [0.29, 0.717) is 11.3 Å². The maximum Gasteiger partial charge on any atom is 0.242 e. The molecule has 0 fully saturated rings. The van der Waals surface area contributed by atoms with Gasteiger partial charge in [-0.1, -0.05) is 18.2 Å². The van der Waals surface area contributed by atoms with Gasteiger partial charge in [-0.25, -0.2) is 17.7 Å². The molecular formula is C16H18N4O3S2. The highest BCUT2D eigenvalue weighted by atomic mass is 32.2. The lowest BCUT2D eigenvalue weighted by Gasteiger charge is -2.15. The largest absolute Gasteiger partial charge is 0.352 e. The zero-order valence-electron chi connectivity index (χ0n) is 13.8. The van der Waals surface area contributed by atoms with Gasteiger partial charge in [0.05, 0.1) is 17.0 Å². The van der Waals surface area contributed by atoms with Crippen molar-refractivity contribution in [3.05, 3.63) is 53.3 Å². The minimum atomic E-state index is -3.56. The predicted molar refractivity (Wildman–Crippen MR) is 95.9 cm³/mol. The van der Waals surface area contributed by atoms with Crippen molar-refractivity contribution in [2.24, 2.45) is 0 Å². The minimum absolute atomic E-state index is 0.143. The molecule has 132 valence electrons. The monoisotopic (exact) mass is 378 g/mol. The molecule has 0 unspecified atom stereocenters. The highest BCUT2D eigenvalue weighted by molar-refractivity contribution is 7.89. The summed E-state index contributed by atoms with van der Waals surface area (Å²) in [6.45, 7) is 0.143. The quantitative estimate of drug-likeness (QED) is 0.705. The Morgan fingerprint density at radius 1 is 1.32 bits per heavy atom. The van der Waals surface area contributed by atoms with Crippen molar-refractivity contribution in [2.45, 2.75) is 17.9 Å². The van der Waals surface area contributed by atoms with Gasteiger partial charge in [-0.3, -0.25) is 9.20 Å². The van der Waals surface area contributed by atoms with Crippen molar-refractivity contribution in [1.29, 1.82) is 0 Å². The average Bonchev–Trinajstić information content (AvgIpc) is 3.14. The number of carbonyl (C=O) groups is 1. The molecule has 0 radical (unpaired) electrons. The van der Waals surface area contributed by atoms with Gasteiger partial charge in [0.15, 0.2) is 4.96 Å². The number of rotatable bonds is 6. The van der Waals surface area contributed by atoms with E-state index in [2.05, 4.69) is 10.3 Å². The predicted octanol–water partition coefficient (Wildman–Crippen LogP) is 1.50. The molecule has 0 aliphatic carbocycles. The first kappa shape index (κ1) is 17.6. The van der Waals surface area contributed by atoms with Crippen LogP contribution in [0.1, 0.15) is 11.3 Å². The summed E-state index contributed by atoms with van der Waals surface area (Å²) in [6, 6.07) is 6.66. The summed E-state index contributed by atoms with van der Waals surface area (Å²) in [4.78, 5) is 17.6. The highest BCUT2D eigenvalue weighted by Crippen LogP contribution is 2.18. The Morgan fingerprint density at radius 3 is 2.80 bits per heavy atom. The van der Waals surface area contributed by atoms with E-state index in [1.54, 1.807) is 24.3 Å². The maximum atomic E-state index is 12.4. The number of aromatic nitrogens is 2. The molecule has 3 rings (SSSR count). The van der Waals surface area contributed by atoms with E-state index in [9.17, 15) is 13.2 Å². The Morgan fingerprint density at radius 2 is 2.08 bits per heavy atom. The Labute approximate surface area is 150 Å². The topological polar surface area (TPSA) is 83.8 Å². The fourth-order valence-electron chi connectivity index (χ4n) is 2.38. The Bertz CT molecular complexity index is 977. The molecule has 0 spiro atoms. The van der Waals surface area contributed by atoms with Gasteiger partial charge in [0.2, 0.25) is 15.9 Å². The number of nitrogens with one attached hydrogen (secondary N) is 1. The number of hydrogen-bond donors (Lipinski definition) is 1. The Hall–Kier alpha value is -2.23. The lowest BCUT2D eigenvalue weighted by molar-refractivity contribution is -0.120. The van der Waals surface area contributed by atoms with Gasteiger partial charge >= 0.3 is 0 Å². The molecule has 0 aliphatic rings.